The second-order valence-electron chi connectivity index (χ2n) is 12.2. The highest BCUT2D eigenvalue weighted by molar-refractivity contribution is 7.58. The van der Waals surface area contributed by atoms with Gasteiger partial charge in [0.15, 0.2) is 0 Å². The van der Waals surface area contributed by atoms with Crippen LogP contribution < -0.4 is 5.32 Å². The summed E-state index contributed by atoms with van der Waals surface area (Å²) in [5, 5.41) is 4.74. The fourth-order valence-electron chi connectivity index (χ4n) is 5.13. The van der Waals surface area contributed by atoms with Crippen LogP contribution in [-0.4, -0.2) is 11.2 Å². The SMILES string of the molecule is CC(C)c1cccc(C(C)C)c1NC1=C(P(=O)(OC(C)(C)C)OC(C)(C)C)C2CCC1C2. The number of anilines is 1. The van der Waals surface area contributed by atoms with E-state index in [9.17, 15) is 4.57 Å². The maximum atomic E-state index is 14.5. The second-order valence-corrected chi connectivity index (χ2v) is 14.0. The molecule has 32 heavy (non-hydrogen) atoms. The zero-order chi connectivity index (χ0) is 24.1. The molecule has 1 saturated carbocycles. The van der Waals surface area contributed by atoms with Crippen LogP contribution in [0.5, 0.6) is 0 Å². The quantitative estimate of drug-likeness (QED) is 0.412. The van der Waals surface area contributed by atoms with Crippen molar-refractivity contribution in [2.45, 2.75) is 112 Å². The predicted molar refractivity (Wildman–Crippen MR) is 135 cm³/mol. The lowest BCUT2D eigenvalue weighted by molar-refractivity contribution is 0.0516. The van der Waals surface area contributed by atoms with Gasteiger partial charge < -0.3 is 5.32 Å². The monoisotopic (exact) mass is 461 g/mol. The average Bonchev–Trinajstić information content (AvgIpc) is 3.19. The molecule has 2 unspecified atom stereocenters. The Hall–Kier alpha value is -1.09. The third-order valence-corrected chi connectivity index (χ3v) is 8.99. The molecule has 1 aromatic carbocycles. The molecule has 0 aliphatic heterocycles. The van der Waals surface area contributed by atoms with Crippen LogP contribution in [0.4, 0.5) is 5.69 Å². The Morgan fingerprint density at radius 1 is 0.875 bits per heavy atom. The topological polar surface area (TPSA) is 47.6 Å². The van der Waals surface area contributed by atoms with Gasteiger partial charge in [-0.25, -0.2) is 0 Å². The summed E-state index contributed by atoms with van der Waals surface area (Å²) in [7, 11) is -3.51. The van der Waals surface area contributed by atoms with Crippen LogP contribution in [0.15, 0.2) is 29.2 Å². The Morgan fingerprint density at radius 2 is 1.34 bits per heavy atom. The molecule has 2 aliphatic rings. The Bertz CT molecular complexity index is 872. The molecular weight excluding hydrogens is 417 g/mol. The van der Waals surface area contributed by atoms with E-state index < -0.39 is 18.8 Å². The Balaban J connectivity index is 2.18. The number of hydrogen-bond donors (Lipinski definition) is 1. The summed E-state index contributed by atoms with van der Waals surface area (Å²) in [5.41, 5.74) is 3.73. The van der Waals surface area contributed by atoms with Gasteiger partial charge in [-0.3, -0.25) is 13.6 Å². The average molecular weight is 462 g/mol. The molecular formula is C27H44NO3P. The van der Waals surface area contributed by atoms with Crippen molar-refractivity contribution in [3.05, 3.63) is 40.3 Å². The van der Waals surface area contributed by atoms with Crippen molar-refractivity contribution in [1.29, 1.82) is 0 Å². The summed E-state index contributed by atoms with van der Waals surface area (Å²) in [6.07, 6.45) is 3.21. The lowest BCUT2D eigenvalue weighted by atomic mass is 9.92. The molecule has 0 aromatic heterocycles. The molecule has 1 N–H and O–H groups in total. The van der Waals surface area contributed by atoms with E-state index in [0.29, 0.717) is 17.8 Å². The molecule has 0 saturated heterocycles. The number of fused-ring (bicyclic) bond motifs is 2. The number of nitrogens with one attached hydrogen (secondary N) is 1. The van der Waals surface area contributed by atoms with E-state index >= 15 is 0 Å². The zero-order valence-electron chi connectivity index (χ0n) is 21.8. The summed E-state index contributed by atoms with van der Waals surface area (Å²) in [4.78, 5) is 0. The van der Waals surface area contributed by atoms with Gasteiger partial charge in [-0.1, -0.05) is 45.9 Å². The molecule has 2 bridgehead atoms. The highest BCUT2D eigenvalue weighted by Gasteiger charge is 2.51. The summed E-state index contributed by atoms with van der Waals surface area (Å²) < 4.78 is 27.1. The maximum absolute atomic E-state index is 14.5. The first-order chi connectivity index (χ1) is 14.6. The third kappa shape index (κ3) is 5.51. The van der Waals surface area contributed by atoms with Crippen molar-refractivity contribution >= 4 is 13.3 Å². The molecule has 5 heteroatoms. The fourth-order valence-corrected chi connectivity index (χ4v) is 8.02. The highest BCUT2D eigenvalue weighted by atomic mass is 31.2. The first-order valence-electron chi connectivity index (χ1n) is 12.3. The van der Waals surface area contributed by atoms with Gasteiger partial charge in [0.05, 0.1) is 16.5 Å². The summed E-state index contributed by atoms with van der Waals surface area (Å²) >= 11 is 0. The van der Waals surface area contributed by atoms with Gasteiger partial charge in [-0.15, -0.1) is 0 Å². The zero-order valence-corrected chi connectivity index (χ0v) is 22.7. The van der Waals surface area contributed by atoms with E-state index in [1.165, 1.54) is 16.8 Å². The van der Waals surface area contributed by atoms with E-state index in [2.05, 4.69) is 51.2 Å². The van der Waals surface area contributed by atoms with E-state index in [1.54, 1.807) is 0 Å². The third-order valence-electron chi connectivity index (χ3n) is 6.22. The molecule has 0 spiro atoms. The Morgan fingerprint density at radius 3 is 1.78 bits per heavy atom. The molecule has 4 nitrogen and oxygen atoms in total. The van der Waals surface area contributed by atoms with Crippen molar-refractivity contribution in [2.75, 3.05) is 5.32 Å². The summed E-state index contributed by atoms with van der Waals surface area (Å²) in [6.45, 7) is 20.7. The van der Waals surface area contributed by atoms with Gasteiger partial charge in [-0.05, 0) is 89.7 Å². The molecule has 0 radical (unpaired) electrons. The lowest BCUT2D eigenvalue weighted by Crippen LogP contribution is -2.26. The van der Waals surface area contributed by atoms with Crippen molar-refractivity contribution in [3.63, 3.8) is 0 Å². The summed E-state index contributed by atoms with van der Waals surface area (Å²) in [6, 6.07) is 6.58. The van der Waals surface area contributed by atoms with Gasteiger partial charge in [0, 0.05) is 17.3 Å². The fraction of sp³-hybridized carbons (Fsp3) is 0.704. The number of para-hydroxylation sites is 1. The minimum atomic E-state index is -3.51. The smallest absolute Gasteiger partial charge is 0.358 e. The van der Waals surface area contributed by atoms with E-state index in [4.69, 9.17) is 9.05 Å². The second kappa shape index (κ2) is 8.93. The van der Waals surface area contributed by atoms with E-state index in [-0.39, 0.29) is 5.92 Å². The van der Waals surface area contributed by atoms with Crippen LogP contribution in [0.3, 0.4) is 0 Å². The van der Waals surface area contributed by atoms with Crippen LogP contribution in [0.25, 0.3) is 0 Å². The minimum Gasteiger partial charge on any atom is -0.358 e. The van der Waals surface area contributed by atoms with Crippen molar-refractivity contribution < 1.29 is 13.6 Å². The van der Waals surface area contributed by atoms with Crippen LogP contribution >= 0.6 is 7.60 Å². The number of hydrogen-bond acceptors (Lipinski definition) is 4. The molecule has 180 valence electrons. The number of allylic oxidation sites excluding steroid dienone is 2. The molecule has 1 aromatic rings. The molecule has 2 atom stereocenters. The molecule has 0 heterocycles. The van der Waals surface area contributed by atoms with Gasteiger partial charge in [-0.2, -0.15) is 0 Å². The molecule has 3 rings (SSSR count). The van der Waals surface area contributed by atoms with E-state index in [0.717, 1.165) is 30.3 Å². The highest BCUT2D eigenvalue weighted by Crippen LogP contribution is 2.70. The van der Waals surface area contributed by atoms with Gasteiger partial charge in [0.2, 0.25) is 0 Å². The first kappa shape index (κ1) is 25.5. The Kier molecular flexibility index (Phi) is 7.12. The van der Waals surface area contributed by atoms with Gasteiger partial charge in [0.1, 0.15) is 0 Å². The number of benzene rings is 1. The molecule has 2 aliphatic carbocycles. The van der Waals surface area contributed by atoms with Crippen LogP contribution in [0, 0.1) is 11.8 Å². The first-order valence-corrected chi connectivity index (χ1v) is 13.8. The van der Waals surface area contributed by atoms with E-state index in [1.807, 2.05) is 41.5 Å². The van der Waals surface area contributed by atoms with Crippen molar-refractivity contribution in [3.8, 4) is 0 Å². The van der Waals surface area contributed by atoms with Crippen molar-refractivity contribution in [1.82, 2.24) is 0 Å². The standard InChI is InChI=1S/C27H44NO3P/c1-17(2)21-12-11-13-22(18(3)4)24(21)28-23-19-14-15-20(16-19)25(23)32(29,30-26(5,6)7)31-27(8,9)10/h11-13,17-20,28H,14-16H2,1-10H3. The predicted octanol–water partition coefficient (Wildman–Crippen LogP) is 8.81. The largest absolute Gasteiger partial charge is 0.360 e. The van der Waals surface area contributed by atoms with Crippen LogP contribution in [0.1, 0.15) is 111 Å². The normalized spacial score (nSPS) is 21.9. The van der Waals surface area contributed by atoms with Crippen LogP contribution in [0.2, 0.25) is 0 Å². The number of rotatable bonds is 7. The van der Waals surface area contributed by atoms with Gasteiger partial charge in [0.25, 0.3) is 0 Å². The lowest BCUT2D eigenvalue weighted by Gasteiger charge is -2.36. The van der Waals surface area contributed by atoms with Gasteiger partial charge >= 0.3 is 7.60 Å². The minimum absolute atomic E-state index is 0.256. The molecule has 0 amide bonds. The molecule has 1 fully saturated rings. The summed E-state index contributed by atoms with van der Waals surface area (Å²) in [5.74, 6) is 1.42. The van der Waals surface area contributed by atoms with Crippen molar-refractivity contribution in [2.24, 2.45) is 11.8 Å². The maximum Gasteiger partial charge on any atom is 0.360 e. The van der Waals surface area contributed by atoms with Crippen LogP contribution in [-0.2, 0) is 13.6 Å². The Labute approximate surface area is 196 Å².